The van der Waals surface area contributed by atoms with Crippen molar-refractivity contribution in [1.82, 2.24) is 5.01 Å². The molecule has 1 aliphatic rings. The summed E-state index contributed by atoms with van der Waals surface area (Å²) < 4.78 is 0. The first kappa shape index (κ1) is 13.7. The molecule has 0 fully saturated rings. The second-order valence-corrected chi connectivity index (χ2v) is 4.38. The van der Waals surface area contributed by atoms with Crippen LogP contribution in [-0.4, -0.2) is 33.7 Å². The van der Waals surface area contributed by atoms with Crippen LogP contribution in [0.4, 0.5) is 0 Å². The van der Waals surface area contributed by atoms with Crippen molar-refractivity contribution in [1.29, 1.82) is 0 Å². The van der Waals surface area contributed by atoms with Crippen LogP contribution in [0, 0.1) is 5.92 Å². The lowest BCUT2D eigenvalue weighted by Crippen LogP contribution is -2.35. The van der Waals surface area contributed by atoms with E-state index in [9.17, 15) is 9.59 Å². The molecule has 1 unspecified atom stereocenters. The van der Waals surface area contributed by atoms with Gasteiger partial charge >= 0.3 is 5.97 Å². The summed E-state index contributed by atoms with van der Waals surface area (Å²) in [5.41, 5.74) is 0.739. The third-order valence-corrected chi connectivity index (χ3v) is 3.23. The number of carboxylic acids is 1. The van der Waals surface area contributed by atoms with Gasteiger partial charge in [0.05, 0.1) is 12.0 Å². The van der Waals surface area contributed by atoms with E-state index < -0.39 is 5.97 Å². The number of hydrogen-bond acceptors (Lipinski definition) is 3. The van der Waals surface area contributed by atoms with Crippen molar-refractivity contribution in [3.05, 3.63) is 0 Å². The van der Waals surface area contributed by atoms with Crippen molar-refractivity contribution < 1.29 is 14.7 Å². The molecule has 1 aliphatic heterocycles. The van der Waals surface area contributed by atoms with Gasteiger partial charge in [0, 0.05) is 12.1 Å². The van der Waals surface area contributed by atoms with Crippen molar-refractivity contribution in [2.75, 3.05) is 0 Å². The summed E-state index contributed by atoms with van der Waals surface area (Å²) in [7, 11) is 0. The van der Waals surface area contributed by atoms with Gasteiger partial charge in [0.15, 0.2) is 0 Å². The summed E-state index contributed by atoms with van der Waals surface area (Å²) >= 11 is 0. The van der Waals surface area contributed by atoms with Crippen LogP contribution in [0.5, 0.6) is 0 Å². The second-order valence-electron chi connectivity index (χ2n) is 4.38. The minimum absolute atomic E-state index is 0.0139. The Balaban J connectivity index is 2.70. The lowest BCUT2D eigenvalue weighted by Gasteiger charge is -2.22. The molecule has 0 aromatic rings. The first-order valence-corrected chi connectivity index (χ1v) is 6.11. The number of hydrogen-bond donors (Lipinski definition) is 1. The van der Waals surface area contributed by atoms with Crippen molar-refractivity contribution in [2.24, 2.45) is 11.0 Å². The summed E-state index contributed by atoms with van der Waals surface area (Å²) in [5, 5.41) is 14.5. The Bertz CT molecular complexity index is 335. The number of carboxylic acid groups (broad SMARTS) is 1. The Morgan fingerprint density at radius 3 is 2.53 bits per heavy atom. The molecule has 1 heterocycles. The number of rotatable bonds is 6. The maximum atomic E-state index is 12.1. The summed E-state index contributed by atoms with van der Waals surface area (Å²) in [5.74, 6) is -1.25. The fourth-order valence-corrected chi connectivity index (χ4v) is 2.12. The lowest BCUT2D eigenvalue weighted by atomic mass is 9.98. The van der Waals surface area contributed by atoms with E-state index in [1.54, 1.807) is 11.9 Å². The van der Waals surface area contributed by atoms with Gasteiger partial charge in [0.25, 0.3) is 5.91 Å². The third kappa shape index (κ3) is 3.05. The average molecular weight is 240 g/mol. The van der Waals surface area contributed by atoms with E-state index >= 15 is 0 Å². The van der Waals surface area contributed by atoms with Gasteiger partial charge in [-0.05, 0) is 26.2 Å². The summed E-state index contributed by atoms with van der Waals surface area (Å²) in [4.78, 5) is 22.6. The van der Waals surface area contributed by atoms with Crippen LogP contribution in [0.15, 0.2) is 5.10 Å². The smallest absolute Gasteiger partial charge is 0.303 e. The van der Waals surface area contributed by atoms with E-state index in [1.807, 2.05) is 13.8 Å². The first-order valence-electron chi connectivity index (χ1n) is 6.11. The molecular formula is C12H20N2O3. The Hall–Kier alpha value is -1.39. The monoisotopic (exact) mass is 240 g/mol. The minimum atomic E-state index is -0.869. The topological polar surface area (TPSA) is 70.0 Å². The Kier molecular flexibility index (Phi) is 4.66. The molecule has 1 amide bonds. The standard InChI is InChI=1S/C12H20N2O3/c1-4-9(5-2)14-12(17)10(8(3)13-14)6-7-11(15)16/h9-10H,4-7H2,1-3H3,(H,15,16). The molecule has 5 nitrogen and oxygen atoms in total. The van der Waals surface area contributed by atoms with Crippen molar-refractivity contribution >= 4 is 17.6 Å². The molecule has 0 saturated heterocycles. The Morgan fingerprint density at radius 1 is 1.47 bits per heavy atom. The Morgan fingerprint density at radius 2 is 2.06 bits per heavy atom. The molecule has 1 N–H and O–H groups in total. The molecule has 96 valence electrons. The zero-order valence-corrected chi connectivity index (χ0v) is 10.6. The highest BCUT2D eigenvalue weighted by molar-refractivity contribution is 6.07. The van der Waals surface area contributed by atoms with E-state index in [2.05, 4.69) is 5.10 Å². The molecule has 0 bridgehead atoms. The van der Waals surface area contributed by atoms with Crippen LogP contribution < -0.4 is 0 Å². The van der Waals surface area contributed by atoms with Gasteiger partial charge in [0.2, 0.25) is 0 Å². The number of carbonyl (C=O) groups excluding carboxylic acids is 1. The van der Waals surface area contributed by atoms with Crippen molar-refractivity contribution in [3.63, 3.8) is 0 Å². The predicted molar refractivity (Wildman–Crippen MR) is 64.7 cm³/mol. The highest BCUT2D eigenvalue weighted by atomic mass is 16.4. The second kappa shape index (κ2) is 5.80. The summed E-state index contributed by atoms with van der Waals surface area (Å²) in [6, 6.07) is 0.132. The maximum absolute atomic E-state index is 12.1. The molecule has 0 saturated carbocycles. The maximum Gasteiger partial charge on any atom is 0.303 e. The number of hydrazone groups is 1. The number of carbonyl (C=O) groups is 2. The van der Waals surface area contributed by atoms with Gasteiger partial charge in [-0.25, -0.2) is 5.01 Å². The van der Waals surface area contributed by atoms with E-state index in [4.69, 9.17) is 5.11 Å². The lowest BCUT2D eigenvalue weighted by molar-refractivity contribution is -0.138. The quantitative estimate of drug-likeness (QED) is 0.770. The largest absolute Gasteiger partial charge is 0.481 e. The molecular weight excluding hydrogens is 220 g/mol. The zero-order valence-electron chi connectivity index (χ0n) is 10.6. The van der Waals surface area contributed by atoms with Crippen LogP contribution >= 0.6 is 0 Å². The molecule has 5 heteroatoms. The van der Waals surface area contributed by atoms with Crippen LogP contribution in [0.3, 0.4) is 0 Å². The van der Waals surface area contributed by atoms with Crippen LogP contribution in [-0.2, 0) is 9.59 Å². The van der Waals surface area contributed by atoms with Crippen LogP contribution in [0.2, 0.25) is 0 Å². The summed E-state index contributed by atoms with van der Waals surface area (Å²) in [6.45, 7) is 5.85. The van der Waals surface area contributed by atoms with E-state index in [0.717, 1.165) is 18.6 Å². The van der Waals surface area contributed by atoms with Gasteiger partial charge in [-0.2, -0.15) is 5.10 Å². The molecule has 0 aliphatic carbocycles. The predicted octanol–water partition coefficient (Wildman–Crippen LogP) is 1.87. The minimum Gasteiger partial charge on any atom is -0.481 e. The molecule has 17 heavy (non-hydrogen) atoms. The van der Waals surface area contributed by atoms with E-state index in [0.29, 0.717) is 6.42 Å². The number of amides is 1. The number of aliphatic carboxylic acids is 1. The van der Waals surface area contributed by atoms with Gasteiger partial charge in [0.1, 0.15) is 0 Å². The SMILES string of the molecule is CCC(CC)N1N=C(C)C(CCC(=O)O)C1=O. The normalized spacial score (nSPS) is 20.0. The highest BCUT2D eigenvalue weighted by Gasteiger charge is 2.36. The summed E-state index contributed by atoms with van der Waals surface area (Å²) in [6.07, 6.45) is 2.09. The zero-order chi connectivity index (χ0) is 13.0. The first-order chi connectivity index (χ1) is 8.01. The average Bonchev–Trinajstić information content (AvgIpc) is 2.54. The van der Waals surface area contributed by atoms with Gasteiger partial charge < -0.3 is 5.11 Å². The Labute approximate surface area is 101 Å². The van der Waals surface area contributed by atoms with Crippen molar-refractivity contribution in [2.45, 2.75) is 52.5 Å². The third-order valence-electron chi connectivity index (χ3n) is 3.23. The number of nitrogens with zero attached hydrogens (tertiary/aromatic N) is 2. The molecule has 0 spiro atoms. The van der Waals surface area contributed by atoms with Crippen molar-refractivity contribution in [3.8, 4) is 0 Å². The van der Waals surface area contributed by atoms with Crippen LogP contribution in [0.1, 0.15) is 46.5 Å². The fraction of sp³-hybridized carbons (Fsp3) is 0.750. The van der Waals surface area contributed by atoms with E-state index in [1.165, 1.54) is 0 Å². The molecule has 1 atom stereocenters. The molecule has 0 aromatic carbocycles. The molecule has 0 aromatic heterocycles. The fourth-order valence-electron chi connectivity index (χ4n) is 2.12. The van der Waals surface area contributed by atoms with Crippen LogP contribution in [0.25, 0.3) is 0 Å². The highest BCUT2D eigenvalue weighted by Crippen LogP contribution is 2.24. The molecule has 0 radical (unpaired) electrons. The van der Waals surface area contributed by atoms with Gasteiger partial charge in [-0.15, -0.1) is 0 Å². The molecule has 1 rings (SSSR count). The van der Waals surface area contributed by atoms with E-state index in [-0.39, 0.29) is 24.3 Å². The van der Waals surface area contributed by atoms with Gasteiger partial charge in [-0.3, -0.25) is 9.59 Å². The van der Waals surface area contributed by atoms with Gasteiger partial charge in [-0.1, -0.05) is 13.8 Å².